The molecule has 3 N–H and O–H groups in total. The topological polar surface area (TPSA) is 82.7 Å². The molecule has 2 aromatic rings. The first-order valence-corrected chi connectivity index (χ1v) is 11.2. The normalized spacial score (nSPS) is 13.9. The van der Waals surface area contributed by atoms with Gasteiger partial charge >= 0.3 is 12.2 Å². The average Bonchev–Trinajstić information content (AvgIpc) is 2.82. The van der Waals surface area contributed by atoms with Crippen LogP contribution < -0.4 is 20.9 Å². The highest BCUT2D eigenvalue weighted by Crippen LogP contribution is 2.31. The molecule has 34 heavy (non-hydrogen) atoms. The Bertz CT molecular complexity index is 992. The van der Waals surface area contributed by atoms with Gasteiger partial charge in [-0.05, 0) is 62.1 Å². The molecule has 184 valence electrons. The van der Waals surface area contributed by atoms with Crippen LogP contribution in [-0.4, -0.2) is 45.3 Å². The van der Waals surface area contributed by atoms with Gasteiger partial charge in [0.25, 0.3) is 5.91 Å². The molecule has 0 spiro atoms. The van der Waals surface area contributed by atoms with Gasteiger partial charge in [-0.3, -0.25) is 4.79 Å². The predicted molar refractivity (Wildman–Crippen MR) is 125 cm³/mol. The number of nitrogens with zero attached hydrogens (tertiary/aromatic N) is 1. The van der Waals surface area contributed by atoms with Crippen LogP contribution >= 0.6 is 0 Å². The smallest absolute Gasteiger partial charge is 0.385 e. The van der Waals surface area contributed by atoms with Gasteiger partial charge in [-0.1, -0.05) is 6.07 Å². The number of urea groups is 1. The van der Waals surface area contributed by atoms with E-state index < -0.39 is 17.8 Å². The second kappa shape index (κ2) is 11.7. The third-order valence-corrected chi connectivity index (χ3v) is 5.45. The van der Waals surface area contributed by atoms with Crippen molar-refractivity contribution in [2.45, 2.75) is 31.9 Å². The second-order valence-corrected chi connectivity index (χ2v) is 8.04. The number of methoxy groups -OCH3 is 1. The number of benzene rings is 2. The summed E-state index contributed by atoms with van der Waals surface area (Å²) in [6, 6.07) is 8.72. The summed E-state index contributed by atoms with van der Waals surface area (Å²) in [5.41, 5.74) is 0.716. The van der Waals surface area contributed by atoms with Crippen LogP contribution in [0.3, 0.4) is 0 Å². The molecule has 3 amide bonds. The summed E-state index contributed by atoms with van der Waals surface area (Å²) >= 11 is 0. The Kier molecular flexibility index (Phi) is 8.75. The molecule has 1 heterocycles. The van der Waals surface area contributed by atoms with Crippen molar-refractivity contribution in [1.29, 1.82) is 0 Å². The Hall–Kier alpha value is -3.27. The number of anilines is 3. The van der Waals surface area contributed by atoms with Crippen molar-refractivity contribution in [3.8, 4) is 0 Å². The van der Waals surface area contributed by atoms with E-state index in [1.54, 1.807) is 25.3 Å². The zero-order valence-electron chi connectivity index (χ0n) is 19.0. The number of amides is 3. The highest BCUT2D eigenvalue weighted by Gasteiger charge is 2.30. The van der Waals surface area contributed by atoms with Crippen molar-refractivity contribution in [2.75, 3.05) is 48.9 Å². The lowest BCUT2D eigenvalue weighted by molar-refractivity contribution is -0.137. The molecule has 0 unspecified atom stereocenters. The Morgan fingerprint density at radius 2 is 1.71 bits per heavy atom. The van der Waals surface area contributed by atoms with Gasteiger partial charge in [0.05, 0.1) is 11.1 Å². The molecule has 10 heteroatoms. The van der Waals surface area contributed by atoms with Gasteiger partial charge in [-0.2, -0.15) is 13.2 Å². The van der Waals surface area contributed by atoms with Gasteiger partial charge in [0, 0.05) is 50.4 Å². The maximum absolute atomic E-state index is 12.9. The number of hydrogen-bond donors (Lipinski definition) is 3. The fourth-order valence-corrected chi connectivity index (χ4v) is 3.79. The number of nitrogens with one attached hydrogen (secondary N) is 3. The van der Waals surface area contributed by atoms with Crippen LogP contribution in [0.25, 0.3) is 0 Å². The van der Waals surface area contributed by atoms with E-state index >= 15 is 0 Å². The summed E-state index contributed by atoms with van der Waals surface area (Å²) in [4.78, 5) is 27.5. The van der Waals surface area contributed by atoms with Crippen molar-refractivity contribution in [2.24, 2.45) is 0 Å². The van der Waals surface area contributed by atoms with E-state index in [1.807, 2.05) is 0 Å². The molecule has 0 saturated carbocycles. The third-order valence-electron chi connectivity index (χ3n) is 5.45. The number of piperidine rings is 1. The minimum atomic E-state index is -4.51. The summed E-state index contributed by atoms with van der Waals surface area (Å²) in [6.07, 6.45) is -0.629. The van der Waals surface area contributed by atoms with Gasteiger partial charge in [0.2, 0.25) is 0 Å². The van der Waals surface area contributed by atoms with Gasteiger partial charge in [-0.25, -0.2) is 4.79 Å². The van der Waals surface area contributed by atoms with E-state index in [1.165, 1.54) is 12.1 Å². The Morgan fingerprint density at radius 3 is 2.38 bits per heavy atom. The van der Waals surface area contributed by atoms with E-state index in [9.17, 15) is 22.8 Å². The first-order chi connectivity index (χ1) is 16.3. The van der Waals surface area contributed by atoms with Crippen molar-refractivity contribution in [3.63, 3.8) is 0 Å². The van der Waals surface area contributed by atoms with Gasteiger partial charge in [0.15, 0.2) is 0 Å². The van der Waals surface area contributed by atoms with E-state index in [0.29, 0.717) is 30.8 Å². The number of hydrogen-bond acceptors (Lipinski definition) is 4. The van der Waals surface area contributed by atoms with Gasteiger partial charge < -0.3 is 25.6 Å². The average molecular weight is 479 g/mol. The van der Waals surface area contributed by atoms with Crippen molar-refractivity contribution in [3.05, 3.63) is 53.6 Å². The molecule has 0 radical (unpaired) electrons. The highest BCUT2D eigenvalue weighted by atomic mass is 19.4. The molecule has 1 fully saturated rings. The number of ether oxygens (including phenoxy) is 1. The fourth-order valence-electron chi connectivity index (χ4n) is 3.79. The standard InChI is InChI=1S/C24H29F3N4O3/c1-34-14-6-11-28-22(32)20-16-19(9-10-21(20)31-12-3-2-4-13-31)30-23(33)29-18-8-5-7-17(15-18)24(25,26)27/h5,7-10,15-16H,2-4,6,11-14H2,1H3,(H,28,32)(H2,29,30,33). The molecule has 1 aliphatic heterocycles. The monoisotopic (exact) mass is 478 g/mol. The summed E-state index contributed by atoms with van der Waals surface area (Å²) < 4.78 is 43.8. The maximum atomic E-state index is 12.9. The molecule has 0 bridgehead atoms. The largest absolute Gasteiger partial charge is 0.416 e. The molecule has 3 rings (SSSR count). The molecule has 2 aromatic carbocycles. The Morgan fingerprint density at radius 1 is 1.00 bits per heavy atom. The maximum Gasteiger partial charge on any atom is 0.416 e. The lowest BCUT2D eigenvalue weighted by atomic mass is 10.1. The van der Waals surface area contributed by atoms with E-state index in [0.717, 1.165) is 50.2 Å². The van der Waals surface area contributed by atoms with Crippen molar-refractivity contribution in [1.82, 2.24) is 5.32 Å². The molecule has 7 nitrogen and oxygen atoms in total. The third kappa shape index (κ3) is 7.11. The van der Waals surface area contributed by atoms with E-state index in [4.69, 9.17) is 4.74 Å². The van der Waals surface area contributed by atoms with Crippen LogP contribution in [0.5, 0.6) is 0 Å². The number of alkyl halides is 3. The van der Waals surface area contributed by atoms with Gasteiger partial charge in [0.1, 0.15) is 0 Å². The van der Waals surface area contributed by atoms with Gasteiger partial charge in [-0.15, -0.1) is 0 Å². The minimum Gasteiger partial charge on any atom is -0.385 e. The molecular formula is C24H29F3N4O3. The number of carbonyl (C=O) groups is 2. The molecule has 0 aliphatic carbocycles. The molecular weight excluding hydrogens is 449 g/mol. The zero-order chi connectivity index (χ0) is 24.6. The summed E-state index contributed by atoms with van der Waals surface area (Å²) in [6.45, 7) is 2.65. The molecule has 0 atom stereocenters. The van der Waals surface area contributed by atoms with Crippen LogP contribution in [0.1, 0.15) is 41.6 Å². The quantitative estimate of drug-likeness (QED) is 0.461. The van der Waals surface area contributed by atoms with Crippen molar-refractivity contribution < 1.29 is 27.5 Å². The zero-order valence-corrected chi connectivity index (χ0v) is 19.0. The second-order valence-electron chi connectivity index (χ2n) is 8.04. The molecule has 0 aromatic heterocycles. The molecule has 1 saturated heterocycles. The lowest BCUT2D eigenvalue weighted by Crippen LogP contribution is -2.33. The summed E-state index contributed by atoms with van der Waals surface area (Å²) in [7, 11) is 1.59. The summed E-state index contributed by atoms with van der Waals surface area (Å²) in [5, 5.41) is 7.88. The first-order valence-electron chi connectivity index (χ1n) is 11.2. The van der Waals surface area contributed by atoms with Crippen LogP contribution in [0, 0.1) is 0 Å². The lowest BCUT2D eigenvalue weighted by Gasteiger charge is -2.30. The van der Waals surface area contributed by atoms with Crippen LogP contribution in [-0.2, 0) is 10.9 Å². The number of halogens is 3. The number of rotatable bonds is 8. The SMILES string of the molecule is COCCCNC(=O)c1cc(NC(=O)Nc2cccc(C(F)(F)F)c2)ccc1N1CCCCC1. The van der Waals surface area contributed by atoms with Crippen LogP contribution in [0.2, 0.25) is 0 Å². The van der Waals surface area contributed by atoms with Crippen LogP contribution in [0.15, 0.2) is 42.5 Å². The Balaban J connectivity index is 1.74. The number of carbonyl (C=O) groups excluding carboxylic acids is 2. The minimum absolute atomic E-state index is 0.00775. The Labute approximate surface area is 196 Å². The van der Waals surface area contributed by atoms with E-state index in [2.05, 4.69) is 20.9 Å². The highest BCUT2D eigenvalue weighted by molar-refractivity contribution is 6.04. The van der Waals surface area contributed by atoms with Crippen molar-refractivity contribution >= 4 is 29.0 Å². The predicted octanol–water partition coefficient (Wildman–Crippen LogP) is 5.11. The van der Waals surface area contributed by atoms with E-state index in [-0.39, 0.29) is 11.6 Å². The first kappa shape index (κ1) is 25.4. The summed E-state index contributed by atoms with van der Waals surface area (Å²) in [5.74, 6) is -0.265. The fraction of sp³-hybridized carbons (Fsp3) is 0.417. The van der Waals surface area contributed by atoms with Crippen LogP contribution in [0.4, 0.5) is 35.0 Å². The molecule has 1 aliphatic rings.